The maximum atomic E-state index is 14.7. The van der Waals surface area contributed by atoms with E-state index in [9.17, 15) is 9.18 Å². The lowest BCUT2D eigenvalue weighted by atomic mass is 10.1. The predicted molar refractivity (Wildman–Crippen MR) is 85.8 cm³/mol. The van der Waals surface area contributed by atoms with Gasteiger partial charge in [-0.25, -0.2) is 9.37 Å². The molecule has 0 saturated carbocycles. The molecule has 0 bridgehead atoms. The van der Waals surface area contributed by atoms with E-state index in [2.05, 4.69) is 26.2 Å². The summed E-state index contributed by atoms with van der Waals surface area (Å²) in [6.45, 7) is 1.88. The van der Waals surface area contributed by atoms with Crippen molar-refractivity contribution in [2.45, 2.75) is 6.92 Å². The van der Waals surface area contributed by atoms with Gasteiger partial charge in [0.15, 0.2) is 11.5 Å². The van der Waals surface area contributed by atoms with Gasteiger partial charge in [-0.1, -0.05) is 15.9 Å². The number of carbonyl (C=O) groups excluding carboxylic acids is 1. The van der Waals surface area contributed by atoms with E-state index in [4.69, 9.17) is 5.73 Å². The van der Waals surface area contributed by atoms with Gasteiger partial charge in [-0.2, -0.15) is 0 Å². The van der Waals surface area contributed by atoms with Crippen molar-refractivity contribution < 1.29 is 9.18 Å². The van der Waals surface area contributed by atoms with Gasteiger partial charge >= 0.3 is 0 Å². The first-order valence-electron chi connectivity index (χ1n) is 6.45. The van der Waals surface area contributed by atoms with Crippen LogP contribution in [0.5, 0.6) is 0 Å². The summed E-state index contributed by atoms with van der Waals surface area (Å²) in [4.78, 5) is 15.6. The highest BCUT2D eigenvalue weighted by atomic mass is 79.9. The highest BCUT2D eigenvalue weighted by Crippen LogP contribution is 2.29. The fourth-order valence-electron chi connectivity index (χ4n) is 2.23. The van der Waals surface area contributed by atoms with Crippen LogP contribution in [0.25, 0.3) is 5.65 Å². The molecular formula is C15H12BrFN4O. The number of hydrogen-bond donors (Lipinski definition) is 2. The number of amides is 1. The molecule has 0 radical (unpaired) electrons. The molecule has 5 nitrogen and oxygen atoms in total. The largest absolute Gasteiger partial charge is 0.365 e. The summed E-state index contributed by atoms with van der Waals surface area (Å²) >= 11 is 3.37. The number of imidazole rings is 1. The van der Waals surface area contributed by atoms with Gasteiger partial charge < -0.3 is 15.5 Å². The van der Waals surface area contributed by atoms with E-state index >= 15 is 0 Å². The normalized spacial score (nSPS) is 10.9. The number of nitrogens with one attached hydrogen (secondary N) is 1. The van der Waals surface area contributed by atoms with Gasteiger partial charge in [0, 0.05) is 28.8 Å². The highest BCUT2D eigenvalue weighted by molar-refractivity contribution is 9.10. The van der Waals surface area contributed by atoms with Crippen LogP contribution in [0.4, 0.5) is 15.8 Å². The molecule has 2 aromatic heterocycles. The number of aryl methyl sites for hydroxylation is 1. The molecule has 0 aliphatic rings. The number of carbonyl (C=O) groups is 1. The van der Waals surface area contributed by atoms with Crippen LogP contribution >= 0.6 is 15.9 Å². The summed E-state index contributed by atoms with van der Waals surface area (Å²) in [6.07, 6.45) is 4.47. The maximum Gasteiger partial charge on any atom is 0.252 e. The summed E-state index contributed by atoms with van der Waals surface area (Å²) in [5.41, 5.74) is 7.16. The van der Waals surface area contributed by atoms with Crippen molar-refractivity contribution in [3.05, 3.63) is 58.2 Å². The average molecular weight is 363 g/mol. The van der Waals surface area contributed by atoms with Crippen molar-refractivity contribution in [1.29, 1.82) is 0 Å². The molecule has 0 fully saturated rings. The number of hydrogen-bond acceptors (Lipinski definition) is 3. The van der Waals surface area contributed by atoms with Crippen LogP contribution in [0.3, 0.4) is 0 Å². The Kier molecular flexibility index (Phi) is 3.58. The molecule has 0 aliphatic heterocycles. The Morgan fingerprint density at radius 1 is 1.45 bits per heavy atom. The van der Waals surface area contributed by atoms with Gasteiger partial charge in [-0.15, -0.1) is 0 Å². The topological polar surface area (TPSA) is 72.4 Å². The Hall–Kier alpha value is -2.41. The lowest BCUT2D eigenvalue weighted by Crippen LogP contribution is -2.16. The molecule has 7 heteroatoms. The van der Waals surface area contributed by atoms with E-state index in [0.717, 1.165) is 10.0 Å². The highest BCUT2D eigenvalue weighted by Gasteiger charge is 2.19. The molecule has 3 rings (SSSR count). The zero-order valence-corrected chi connectivity index (χ0v) is 13.2. The number of primary amides is 1. The number of rotatable bonds is 3. The molecule has 0 aliphatic carbocycles. The van der Waals surface area contributed by atoms with Gasteiger partial charge in [-0.3, -0.25) is 4.79 Å². The maximum absolute atomic E-state index is 14.7. The van der Waals surface area contributed by atoms with Crippen LogP contribution in [-0.4, -0.2) is 15.3 Å². The van der Waals surface area contributed by atoms with Crippen LogP contribution in [-0.2, 0) is 0 Å². The number of benzene rings is 1. The Morgan fingerprint density at radius 2 is 2.23 bits per heavy atom. The number of pyridine rings is 1. The smallest absolute Gasteiger partial charge is 0.252 e. The first-order valence-corrected chi connectivity index (χ1v) is 7.25. The minimum absolute atomic E-state index is 0.0247. The zero-order chi connectivity index (χ0) is 15.9. The Morgan fingerprint density at radius 3 is 2.91 bits per heavy atom. The van der Waals surface area contributed by atoms with Crippen LogP contribution in [0, 0.1) is 12.7 Å². The van der Waals surface area contributed by atoms with E-state index in [1.807, 2.05) is 19.1 Å². The van der Waals surface area contributed by atoms with E-state index < -0.39 is 11.7 Å². The molecule has 0 unspecified atom stereocenters. The first-order chi connectivity index (χ1) is 10.5. The third kappa shape index (κ3) is 2.43. The predicted octanol–water partition coefficient (Wildman–Crippen LogP) is 3.39. The molecule has 112 valence electrons. The molecule has 0 saturated heterocycles. The second-order valence-electron chi connectivity index (χ2n) is 4.84. The first kappa shape index (κ1) is 14.5. The molecule has 3 aromatic rings. The van der Waals surface area contributed by atoms with E-state index in [1.165, 1.54) is 16.8 Å². The third-order valence-corrected chi connectivity index (χ3v) is 3.83. The zero-order valence-electron chi connectivity index (χ0n) is 11.6. The number of nitrogens with zero attached hydrogens (tertiary/aromatic N) is 2. The lowest BCUT2D eigenvalue weighted by molar-refractivity contribution is 0.100. The summed E-state index contributed by atoms with van der Waals surface area (Å²) in [7, 11) is 0. The molecular weight excluding hydrogens is 351 g/mol. The number of aromatic nitrogens is 2. The van der Waals surface area contributed by atoms with Crippen molar-refractivity contribution >= 4 is 38.9 Å². The number of anilines is 2. The van der Waals surface area contributed by atoms with Crippen molar-refractivity contribution in [3.63, 3.8) is 0 Å². The molecule has 0 atom stereocenters. The molecule has 1 amide bonds. The van der Waals surface area contributed by atoms with E-state index in [1.54, 1.807) is 12.3 Å². The number of nitrogens with two attached hydrogens (primary N) is 1. The quantitative estimate of drug-likeness (QED) is 0.749. The molecule has 2 heterocycles. The van der Waals surface area contributed by atoms with Crippen molar-refractivity contribution in [1.82, 2.24) is 9.38 Å². The second kappa shape index (κ2) is 5.42. The van der Waals surface area contributed by atoms with E-state index in [0.29, 0.717) is 5.69 Å². The average Bonchev–Trinajstić information content (AvgIpc) is 2.92. The third-order valence-electron chi connectivity index (χ3n) is 3.34. The van der Waals surface area contributed by atoms with Crippen molar-refractivity contribution in [2.24, 2.45) is 5.73 Å². The summed E-state index contributed by atoms with van der Waals surface area (Å²) in [5.74, 6) is -1.34. The monoisotopic (exact) mass is 362 g/mol. The van der Waals surface area contributed by atoms with Gasteiger partial charge in [0.25, 0.3) is 5.91 Å². The van der Waals surface area contributed by atoms with Gasteiger partial charge in [0.05, 0.1) is 11.3 Å². The van der Waals surface area contributed by atoms with Crippen molar-refractivity contribution in [3.8, 4) is 0 Å². The molecule has 0 spiro atoms. The van der Waals surface area contributed by atoms with Crippen molar-refractivity contribution in [2.75, 3.05) is 5.32 Å². The SMILES string of the molecule is Cc1cc(Br)ccc1Nc1c(C(N)=O)cn2ccnc2c1F. The molecule has 3 N–H and O–H groups in total. The molecule has 22 heavy (non-hydrogen) atoms. The Bertz CT molecular complexity index is 891. The van der Waals surface area contributed by atoms with Gasteiger partial charge in [0.2, 0.25) is 0 Å². The van der Waals surface area contributed by atoms with Gasteiger partial charge in [-0.05, 0) is 30.7 Å². The van der Waals surface area contributed by atoms with Gasteiger partial charge in [0.1, 0.15) is 0 Å². The number of halogens is 2. The van der Waals surface area contributed by atoms with Crippen LogP contribution in [0.2, 0.25) is 0 Å². The minimum atomic E-state index is -0.716. The second-order valence-corrected chi connectivity index (χ2v) is 5.75. The Labute approximate surface area is 134 Å². The number of fused-ring (bicyclic) bond motifs is 1. The van der Waals surface area contributed by atoms with Crippen LogP contribution in [0.1, 0.15) is 15.9 Å². The van der Waals surface area contributed by atoms with Crippen LogP contribution < -0.4 is 11.1 Å². The fraction of sp³-hybridized carbons (Fsp3) is 0.0667. The lowest BCUT2D eigenvalue weighted by Gasteiger charge is -2.14. The van der Waals surface area contributed by atoms with Crippen LogP contribution in [0.15, 0.2) is 41.3 Å². The molecule has 1 aromatic carbocycles. The minimum Gasteiger partial charge on any atom is -0.365 e. The summed E-state index contributed by atoms with van der Waals surface area (Å²) < 4.78 is 17.0. The summed E-state index contributed by atoms with van der Waals surface area (Å²) in [5, 5.41) is 2.95. The Balaban J connectivity index is 2.18. The van der Waals surface area contributed by atoms with E-state index in [-0.39, 0.29) is 16.9 Å². The standard InChI is InChI=1S/C15H12BrFN4O/c1-8-6-9(16)2-3-11(8)20-13-10(14(18)22)7-21-5-4-19-15(21)12(13)17/h2-7,20H,1H3,(H2,18,22). The fourth-order valence-corrected chi connectivity index (χ4v) is 2.71. The summed E-state index contributed by atoms with van der Waals surface area (Å²) in [6, 6.07) is 5.50.